The first-order valence-electron chi connectivity index (χ1n) is 6.29. The molecule has 1 aliphatic rings. The van der Waals surface area contributed by atoms with Crippen LogP contribution in [-0.4, -0.2) is 18.7 Å². The van der Waals surface area contributed by atoms with E-state index in [4.69, 9.17) is 10.5 Å². The van der Waals surface area contributed by atoms with Gasteiger partial charge in [-0.15, -0.1) is 0 Å². The van der Waals surface area contributed by atoms with Crippen LogP contribution in [-0.2, 0) is 13.0 Å². The highest BCUT2D eigenvalue weighted by Gasteiger charge is 2.12. The largest absolute Gasteiger partial charge is 0.493 e. The zero-order chi connectivity index (χ0) is 12.3. The van der Waals surface area contributed by atoms with Gasteiger partial charge in [-0.1, -0.05) is 12.1 Å². The van der Waals surface area contributed by atoms with Gasteiger partial charge in [0.25, 0.3) is 0 Å². The first kappa shape index (κ1) is 12.4. The summed E-state index contributed by atoms with van der Waals surface area (Å²) in [6, 6.07) is 6.44. The molecule has 0 spiro atoms. The number of nitrogens with one attached hydrogen (secondary N) is 1. The van der Waals surface area contributed by atoms with Crippen molar-refractivity contribution in [1.82, 2.24) is 5.32 Å². The predicted molar refractivity (Wildman–Crippen MR) is 70.2 cm³/mol. The molecule has 3 nitrogen and oxygen atoms in total. The van der Waals surface area contributed by atoms with Crippen LogP contribution in [0.5, 0.6) is 5.75 Å². The van der Waals surface area contributed by atoms with Crippen molar-refractivity contribution in [3.05, 3.63) is 29.3 Å². The zero-order valence-electron chi connectivity index (χ0n) is 10.8. The van der Waals surface area contributed by atoms with Gasteiger partial charge in [0, 0.05) is 18.5 Å². The monoisotopic (exact) mass is 234 g/mol. The molecule has 0 bridgehead atoms. The molecule has 0 atom stereocenters. The minimum atomic E-state index is -0.0845. The van der Waals surface area contributed by atoms with Crippen molar-refractivity contribution < 1.29 is 4.74 Å². The van der Waals surface area contributed by atoms with Crippen LogP contribution in [0.2, 0.25) is 0 Å². The Morgan fingerprint density at radius 2 is 2.24 bits per heavy atom. The van der Waals surface area contributed by atoms with E-state index in [0.29, 0.717) is 0 Å². The van der Waals surface area contributed by atoms with Gasteiger partial charge < -0.3 is 15.8 Å². The molecule has 1 heterocycles. The number of benzene rings is 1. The van der Waals surface area contributed by atoms with E-state index in [0.717, 1.165) is 38.3 Å². The first-order valence-corrected chi connectivity index (χ1v) is 6.29. The number of hydrogen-bond acceptors (Lipinski definition) is 3. The fraction of sp³-hybridized carbons (Fsp3) is 0.571. The van der Waals surface area contributed by atoms with Crippen LogP contribution in [0.15, 0.2) is 18.2 Å². The standard InChI is InChI=1S/C14H22N2O/c1-14(2,15)6-7-16-10-11-3-4-13-12(9-11)5-8-17-13/h3-4,9,16H,5-8,10,15H2,1-2H3. The summed E-state index contributed by atoms with van der Waals surface area (Å²) in [6.07, 6.45) is 2.03. The van der Waals surface area contributed by atoms with Crippen molar-refractivity contribution >= 4 is 0 Å². The van der Waals surface area contributed by atoms with E-state index in [-0.39, 0.29) is 5.54 Å². The average Bonchev–Trinajstić information content (AvgIpc) is 2.70. The van der Waals surface area contributed by atoms with E-state index in [1.807, 2.05) is 0 Å². The molecule has 0 fully saturated rings. The summed E-state index contributed by atoms with van der Waals surface area (Å²) in [5.74, 6) is 1.05. The lowest BCUT2D eigenvalue weighted by atomic mass is 10.0. The van der Waals surface area contributed by atoms with Gasteiger partial charge in [-0.25, -0.2) is 0 Å². The lowest BCUT2D eigenvalue weighted by molar-refractivity contribution is 0.357. The normalized spacial score (nSPS) is 14.5. The molecule has 1 aromatic rings. The summed E-state index contributed by atoms with van der Waals surface area (Å²) in [6.45, 7) is 6.80. The van der Waals surface area contributed by atoms with Crippen molar-refractivity contribution in [1.29, 1.82) is 0 Å². The SMILES string of the molecule is CC(C)(N)CCNCc1ccc2c(c1)CCO2. The van der Waals surface area contributed by atoms with Gasteiger partial charge in [0.15, 0.2) is 0 Å². The predicted octanol–water partition coefficient (Wildman–Crippen LogP) is 1.84. The second-order valence-corrected chi connectivity index (χ2v) is 5.46. The smallest absolute Gasteiger partial charge is 0.122 e. The molecular weight excluding hydrogens is 212 g/mol. The summed E-state index contributed by atoms with van der Waals surface area (Å²) in [7, 11) is 0. The topological polar surface area (TPSA) is 47.3 Å². The molecule has 0 amide bonds. The number of fused-ring (bicyclic) bond motifs is 1. The Balaban J connectivity index is 1.80. The summed E-state index contributed by atoms with van der Waals surface area (Å²) in [4.78, 5) is 0. The Kier molecular flexibility index (Phi) is 3.69. The number of hydrogen-bond donors (Lipinski definition) is 2. The van der Waals surface area contributed by atoms with E-state index in [9.17, 15) is 0 Å². The summed E-state index contributed by atoms with van der Waals surface area (Å²) < 4.78 is 5.49. The molecule has 3 heteroatoms. The third-order valence-corrected chi connectivity index (χ3v) is 3.03. The maximum atomic E-state index is 5.93. The molecule has 3 N–H and O–H groups in total. The Bertz CT molecular complexity index is 382. The second kappa shape index (κ2) is 5.07. The van der Waals surface area contributed by atoms with Crippen LogP contribution in [0.25, 0.3) is 0 Å². The Hall–Kier alpha value is -1.06. The van der Waals surface area contributed by atoms with Gasteiger partial charge in [-0.2, -0.15) is 0 Å². The van der Waals surface area contributed by atoms with Crippen molar-refractivity contribution in [2.75, 3.05) is 13.2 Å². The van der Waals surface area contributed by atoms with Gasteiger partial charge in [0.2, 0.25) is 0 Å². The van der Waals surface area contributed by atoms with Crippen molar-refractivity contribution in [2.45, 2.75) is 38.8 Å². The third-order valence-electron chi connectivity index (χ3n) is 3.03. The summed E-state index contributed by atoms with van der Waals surface area (Å²) >= 11 is 0. The molecule has 0 aliphatic carbocycles. The van der Waals surface area contributed by atoms with Crippen LogP contribution in [0.4, 0.5) is 0 Å². The van der Waals surface area contributed by atoms with E-state index >= 15 is 0 Å². The Morgan fingerprint density at radius 3 is 3.00 bits per heavy atom. The van der Waals surface area contributed by atoms with Crippen LogP contribution >= 0.6 is 0 Å². The first-order chi connectivity index (χ1) is 8.04. The number of nitrogens with two attached hydrogens (primary N) is 1. The van der Waals surface area contributed by atoms with Crippen LogP contribution in [0.3, 0.4) is 0 Å². The van der Waals surface area contributed by atoms with Crippen LogP contribution in [0, 0.1) is 0 Å². The highest BCUT2D eigenvalue weighted by atomic mass is 16.5. The molecule has 17 heavy (non-hydrogen) atoms. The van der Waals surface area contributed by atoms with Crippen molar-refractivity contribution in [2.24, 2.45) is 5.73 Å². The van der Waals surface area contributed by atoms with Gasteiger partial charge in [-0.05, 0) is 44.0 Å². The van der Waals surface area contributed by atoms with Gasteiger partial charge in [0.05, 0.1) is 6.61 Å². The molecule has 0 saturated heterocycles. The number of rotatable bonds is 5. The molecule has 0 unspecified atom stereocenters. The molecule has 94 valence electrons. The summed E-state index contributed by atoms with van der Waals surface area (Å²) in [5.41, 5.74) is 8.51. The Morgan fingerprint density at radius 1 is 1.41 bits per heavy atom. The second-order valence-electron chi connectivity index (χ2n) is 5.46. The molecule has 2 rings (SSSR count). The minimum Gasteiger partial charge on any atom is -0.493 e. The zero-order valence-corrected chi connectivity index (χ0v) is 10.8. The van der Waals surface area contributed by atoms with E-state index in [1.165, 1.54) is 11.1 Å². The van der Waals surface area contributed by atoms with E-state index in [2.05, 4.69) is 37.4 Å². The van der Waals surface area contributed by atoms with Crippen molar-refractivity contribution in [3.8, 4) is 5.75 Å². The lowest BCUT2D eigenvalue weighted by Crippen LogP contribution is -2.35. The quantitative estimate of drug-likeness (QED) is 0.764. The lowest BCUT2D eigenvalue weighted by Gasteiger charge is -2.18. The molecule has 1 aliphatic heterocycles. The fourth-order valence-electron chi connectivity index (χ4n) is 1.99. The number of ether oxygens (including phenoxy) is 1. The van der Waals surface area contributed by atoms with E-state index in [1.54, 1.807) is 0 Å². The minimum absolute atomic E-state index is 0.0845. The third kappa shape index (κ3) is 3.72. The highest BCUT2D eigenvalue weighted by molar-refractivity contribution is 5.39. The van der Waals surface area contributed by atoms with Crippen LogP contribution < -0.4 is 15.8 Å². The molecule has 1 aromatic carbocycles. The van der Waals surface area contributed by atoms with Gasteiger partial charge in [0.1, 0.15) is 5.75 Å². The maximum absolute atomic E-state index is 5.93. The fourth-order valence-corrected chi connectivity index (χ4v) is 1.99. The van der Waals surface area contributed by atoms with Crippen LogP contribution in [0.1, 0.15) is 31.4 Å². The Labute approximate surface area is 103 Å². The highest BCUT2D eigenvalue weighted by Crippen LogP contribution is 2.25. The average molecular weight is 234 g/mol. The maximum Gasteiger partial charge on any atom is 0.122 e. The van der Waals surface area contributed by atoms with Gasteiger partial charge >= 0.3 is 0 Å². The summed E-state index contributed by atoms with van der Waals surface area (Å²) in [5, 5.41) is 3.43. The van der Waals surface area contributed by atoms with Crippen molar-refractivity contribution in [3.63, 3.8) is 0 Å². The van der Waals surface area contributed by atoms with Gasteiger partial charge in [-0.3, -0.25) is 0 Å². The molecule has 0 aromatic heterocycles. The van der Waals surface area contributed by atoms with E-state index < -0.39 is 0 Å². The molecular formula is C14H22N2O. The molecule has 0 radical (unpaired) electrons. The molecule has 0 saturated carbocycles.